The van der Waals surface area contributed by atoms with Gasteiger partial charge in [-0.2, -0.15) is 0 Å². The van der Waals surface area contributed by atoms with Crippen molar-refractivity contribution in [1.29, 1.82) is 0 Å². The van der Waals surface area contributed by atoms with Crippen molar-refractivity contribution in [3.8, 4) is 16.4 Å². The molecule has 8 heteroatoms. The van der Waals surface area contributed by atoms with Crippen LogP contribution < -0.4 is 4.90 Å². The molecule has 6 nitrogen and oxygen atoms in total. The zero-order chi connectivity index (χ0) is 21.2. The first-order valence-electron chi connectivity index (χ1n) is 10.1. The maximum absolute atomic E-state index is 13.4. The summed E-state index contributed by atoms with van der Waals surface area (Å²) in [5.74, 6) is 0.217. The molecule has 0 saturated carbocycles. The van der Waals surface area contributed by atoms with Crippen LogP contribution in [0.3, 0.4) is 0 Å². The molecular formula is C23H20FN5OS. The number of carbonyl (C=O) groups is 1. The van der Waals surface area contributed by atoms with Crippen LogP contribution in [0.4, 0.5) is 10.1 Å². The van der Waals surface area contributed by atoms with Crippen LogP contribution in [-0.4, -0.2) is 51.8 Å². The Labute approximate surface area is 183 Å². The molecular weight excluding hydrogens is 413 g/mol. The van der Waals surface area contributed by atoms with Gasteiger partial charge in [0.05, 0.1) is 10.6 Å². The third-order valence-corrected chi connectivity index (χ3v) is 6.17. The van der Waals surface area contributed by atoms with E-state index in [-0.39, 0.29) is 17.5 Å². The highest BCUT2D eigenvalue weighted by Crippen LogP contribution is 2.26. The van der Waals surface area contributed by atoms with E-state index in [1.807, 2.05) is 35.7 Å². The molecule has 4 aromatic rings. The van der Waals surface area contributed by atoms with Gasteiger partial charge in [-0.25, -0.2) is 14.1 Å². The lowest BCUT2D eigenvalue weighted by molar-refractivity contribution is 0.0734. The Kier molecular flexibility index (Phi) is 5.21. The van der Waals surface area contributed by atoms with Crippen LogP contribution in [0.15, 0.2) is 72.1 Å². The molecule has 1 fully saturated rings. The van der Waals surface area contributed by atoms with Crippen molar-refractivity contribution in [3.63, 3.8) is 0 Å². The van der Waals surface area contributed by atoms with E-state index in [9.17, 15) is 9.18 Å². The van der Waals surface area contributed by atoms with Crippen molar-refractivity contribution >= 4 is 22.9 Å². The van der Waals surface area contributed by atoms with Crippen LogP contribution in [0.2, 0.25) is 0 Å². The number of thiophene rings is 1. The smallest absolute Gasteiger partial charge is 0.293 e. The monoisotopic (exact) mass is 433 g/mol. The molecule has 1 aliphatic heterocycles. The van der Waals surface area contributed by atoms with Crippen molar-refractivity contribution in [2.45, 2.75) is 0 Å². The highest BCUT2D eigenvalue weighted by molar-refractivity contribution is 7.13. The van der Waals surface area contributed by atoms with Crippen LogP contribution in [0.1, 0.15) is 10.6 Å². The van der Waals surface area contributed by atoms with Gasteiger partial charge in [0.2, 0.25) is 5.82 Å². The summed E-state index contributed by atoms with van der Waals surface area (Å²) in [6.07, 6.45) is 0. The van der Waals surface area contributed by atoms with Crippen LogP contribution in [0, 0.1) is 5.82 Å². The van der Waals surface area contributed by atoms with Gasteiger partial charge in [-0.1, -0.05) is 24.3 Å². The van der Waals surface area contributed by atoms with Gasteiger partial charge >= 0.3 is 0 Å². The third kappa shape index (κ3) is 3.94. The molecule has 2 aromatic heterocycles. The van der Waals surface area contributed by atoms with E-state index in [1.165, 1.54) is 23.5 Å². The molecule has 1 saturated heterocycles. The second-order valence-corrected chi connectivity index (χ2v) is 8.19. The number of anilines is 1. The summed E-state index contributed by atoms with van der Waals surface area (Å²) < 4.78 is 15.0. The van der Waals surface area contributed by atoms with Gasteiger partial charge in [-0.15, -0.1) is 16.4 Å². The molecule has 0 spiro atoms. The van der Waals surface area contributed by atoms with Gasteiger partial charge in [0.25, 0.3) is 5.91 Å². The summed E-state index contributed by atoms with van der Waals surface area (Å²) in [4.78, 5) is 22.7. The Bertz CT molecular complexity index is 1170. The maximum atomic E-state index is 13.4. The largest absolute Gasteiger partial charge is 0.368 e. The predicted octanol–water partition coefficient (Wildman–Crippen LogP) is 4.10. The standard InChI is InChI=1S/C23H20FN5OS/c24-17-8-10-19(11-9-17)29-22(20-7-4-16-31-20)25-21(26-29)23(30)28-14-12-27(13-15-28)18-5-2-1-3-6-18/h1-11,16H,12-15H2. The normalized spacial score (nSPS) is 14.1. The Morgan fingerprint density at radius 3 is 2.29 bits per heavy atom. The molecule has 156 valence electrons. The lowest BCUT2D eigenvalue weighted by Crippen LogP contribution is -2.49. The fraction of sp³-hybridized carbons (Fsp3) is 0.174. The first-order valence-corrected chi connectivity index (χ1v) is 10.9. The summed E-state index contributed by atoms with van der Waals surface area (Å²) >= 11 is 1.52. The number of para-hydroxylation sites is 1. The Morgan fingerprint density at radius 2 is 1.61 bits per heavy atom. The number of nitrogens with zero attached hydrogens (tertiary/aromatic N) is 5. The second-order valence-electron chi connectivity index (χ2n) is 7.24. The number of benzene rings is 2. The van der Waals surface area contributed by atoms with E-state index in [4.69, 9.17) is 0 Å². The van der Waals surface area contributed by atoms with Crippen molar-refractivity contribution in [2.24, 2.45) is 0 Å². The second kappa shape index (κ2) is 8.31. The molecule has 0 bridgehead atoms. The number of carbonyl (C=O) groups excluding carboxylic acids is 1. The van der Waals surface area contributed by atoms with Gasteiger partial charge in [0.15, 0.2) is 5.82 Å². The SMILES string of the molecule is O=C(c1nc(-c2cccs2)n(-c2ccc(F)cc2)n1)N1CCN(c2ccccc2)CC1. The molecule has 5 rings (SSSR count). The van der Waals surface area contributed by atoms with Crippen molar-refractivity contribution in [3.05, 3.63) is 83.8 Å². The van der Waals surface area contributed by atoms with Crippen LogP contribution in [-0.2, 0) is 0 Å². The molecule has 0 unspecified atom stereocenters. The van der Waals surface area contributed by atoms with Gasteiger partial charge in [-0.3, -0.25) is 4.79 Å². The summed E-state index contributed by atoms with van der Waals surface area (Å²) in [6.45, 7) is 2.72. The lowest BCUT2D eigenvalue weighted by Gasteiger charge is -2.35. The summed E-state index contributed by atoms with van der Waals surface area (Å²) in [5, 5.41) is 6.45. The highest BCUT2D eigenvalue weighted by atomic mass is 32.1. The highest BCUT2D eigenvalue weighted by Gasteiger charge is 2.27. The fourth-order valence-electron chi connectivity index (χ4n) is 3.68. The minimum atomic E-state index is -0.325. The number of aromatic nitrogens is 3. The molecule has 2 aromatic carbocycles. The fourth-order valence-corrected chi connectivity index (χ4v) is 4.38. The molecule has 0 aliphatic carbocycles. The summed E-state index contributed by atoms with van der Waals surface area (Å²) in [6, 6.07) is 20.1. The topological polar surface area (TPSA) is 54.3 Å². The number of halogens is 1. The molecule has 1 aliphatic rings. The van der Waals surface area contributed by atoms with Crippen LogP contribution in [0.25, 0.3) is 16.4 Å². The molecule has 3 heterocycles. The number of hydrogen-bond acceptors (Lipinski definition) is 5. The van der Waals surface area contributed by atoms with Crippen molar-refractivity contribution in [2.75, 3.05) is 31.1 Å². The van der Waals surface area contributed by atoms with Gasteiger partial charge in [0, 0.05) is 31.9 Å². The van der Waals surface area contributed by atoms with Gasteiger partial charge < -0.3 is 9.80 Å². The van der Waals surface area contributed by atoms with Gasteiger partial charge in [0.1, 0.15) is 5.82 Å². The van der Waals surface area contributed by atoms with E-state index in [0.717, 1.165) is 23.7 Å². The summed E-state index contributed by atoms with van der Waals surface area (Å²) in [5.41, 5.74) is 1.82. The number of rotatable bonds is 4. The van der Waals surface area contributed by atoms with E-state index in [1.54, 1.807) is 21.7 Å². The zero-order valence-electron chi connectivity index (χ0n) is 16.7. The third-order valence-electron chi connectivity index (χ3n) is 5.30. The minimum Gasteiger partial charge on any atom is -0.368 e. The molecule has 0 atom stereocenters. The Morgan fingerprint density at radius 1 is 0.871 bits per heavy atom. The van der Waals surface area contributed by atoms with Crippen molar-refractivity contribution in [1.82, 2.24) is 19.7 Å². The molecule has 1 amide bonds. The van der Waals surface area contributed by atoms with E-state index in [0.29, 0.717) is 24.6 Å². The van der Waals surface area contributed by atoms with E-state index in [2.05, 4.69) is 27.1 Å². The van der Waals surface area contributed by atoms with E-state index < -0.39 is 0 Å². The molecule has 0 radical (unpaired) electrons. The quantitative estimate of drug-likeness (QED) is 0.486. The maximum Gasteiger partial charge on any atom is 0.293 e. The van der Waals surface area contributed by atoms with E-state index >= 15 is 0 Å². The van der Waals surface area contributed by atoms with Crippen molar-refractivity contribution < 1.29 is 9.18 Å². The van der Waals surface area contributed by atoms with Crippen LogP contribution in [0.5, 0.6) is 0 Å². The first kappa shape index (κ1) is 19.4. The minimum absolute atomic E-state index is 0.154. The number of hydrogen-bond donors (Lipinski definition) is 0. The molecule has 31 heavy (non-hydrogen) atoms. The average Bonchev–Trinajstić information content (AvgIpc) is 3.50. The number of amides is 1. The lowest BCUT2D eigenvalue weighted by atomic mass is 10.2. The zero-order valence-corrected chi connectivity index (χ0v) is 17.5. The van der Waals surface area contributed by atoms with Crippen LogP contribution >= 0.6 is 11.3 Å². The first-order chi connectivity index (χ1) is 15.2. The average molecular weight is 434 g/mol. The number of piperazine rings is 1. The predicted molar refractivity (Wildman–Crippen MR) is 119 cm³/mol. The van der Waals surface area contributed by atoms with Gasteiger partial charge in [-0.05, 0) is 47.8 Å². The Hall–Kier alpha value is -3.52. The Balaban J connectivity index is 1.39. The summed E-state index contributed by atoms with van der Waals surface area (Å²) in [7, 11) is 0. The molecule has 0 N–H and O–H groups in total.